The molecule has 0 spiro atoms. The van der Waals surface area contributed by atoms with Crippen molar-refractivity contribution in [2.24, 2.45) is 0 Å². The van der Waals surface area contributed by atoms with E-state index in [0.29, 0.717) is 0 Å². The first-order valence-electron chi connectivity index (χ1n) is 8.40. The van der Waals surface area contributed by atoms with E-state index >= 15 is 0 Å². The summed E-state index contributed by atoms with van der Waals surface area (Å²) in [5.74, 6) is 0. The molecule has 6 aromatic rings. The fourth-order valence-electron chi connectivity index (χ4n) is 4.05. The topological polar surface area (TPSA) is 12.9 Å². The molecule has 0 unspecified atom stereocenters. The van der Waals surface area contributed by atoms with Crippen LogP contribution in [0.25, 0.3) is 53.2 Å². The lowest BCUT2D eigenvalue weighted by atomic mass is 9.94. The molecule has 0 amide bonds. The summed E-state index contributed by atoms with van der Waals surface area (Å²) in [6, 6.07) is 26.5. The first kappa shape index (κ1) is 13.3. The maximum Gasteiger partial charge on any atom is 0.0634 e. The van der Waals surface area contributed by atoms with Crippen molar-refractivity contribution in [1.82, 2.24) is 4.37 Å². The third-order valence-corrected chi connectivity index (χ3v) is 6.06. The van der Waals surface area contributed by atoms with Crippen LogP contribution in [-0.2, 0) is 0 Å². The first-order chi connectivity index (χ1) is 12.4. The lowest BCUT2D eigenvalue weighted by Crippen LogP contribution is -1.83. The van der Waals surface area contributed by atoms with Crippen molar-refractivity contribution in [2.75, 3.05) is 0 Å². The van der Waals surface area contributed by atoms with Gasteiger partial charge in [0.15, 0.2) is 0 Å². The van der Waals surface area contributed by atoms with Crippen molar-refractivity contribution in [3.63, 3.8) is 0 Å². The van der Waals surface area contributed by atoms with Crippen LogP contribution in [0, 0.1) is 0 Å². The van der Waals surface area contributed by atoms with Crippen LogP contribution in [0.3, 0.4) is 0 Å². The van der Waals surface area contributed by atoms with Crippen LogP contribution < -0.4 is 0 Å². The highest BCUT2D eigenvalue weighted by Crippen LogP contribution is 2.38. The number of aromatic nitrogens is 1. The normalized spacial score (nSPS) is 12.0. The third-order valence-electron chi connectivity index (χ3n) is 5.22. The van der Waals surface area contributed by atoms with Gasteiger partial charge in [0.2, 0.25) is 0 Å². The molecule has 0 aliphatic rings. The molecule has 0 radical (unpaired) electrons. The van der Waals surface area contributed by atoms with Crippen molar-refractivity contribution in [1.29, 1.82) is 0 Å². The van der Waals surface area contributed by atoms with Crippen LogP contribution in [-0.4, -0.2) is 4.37 Å². The first-order valence-corrected chi connectivity index (χ1v) is 9.18. The Balaban J connectivity index is 1.89. The summed E-state index contributed by atoms with van der Waals surface area (Å²) in [6.07, 6.45) is 1.97. The summed E-state index contributed by atoms with van der Waals surface area (Å²) in [7, 11) is 0. The van der Waals surface area contributed by atoms with Crippen LogP contribution in [0.4, 0.5) is 0 Å². The average Bonchev–Trinajstić information content (AvgIpc) is 3.15. The smallest absolute Gasteiger partial charge is 0.0634 e. The summed E-state index contributed by atoms with van der Waals surface area (Å²) in [6.45, 7) is 0. The number of hydrogen-bond donors (Lipinski definition) is 0. The van der Waals surface area contributed by atoms with Gasteiger partial charge in [-0.25, -0.2) is 0 Å². The lowest BCUT2D eigenvalue weighted by Gasteiger charge is -2.10. The van der Waals surface area contributed by atoms with Gasteiger partial charge in [-0.15, -0.1) is 0 Å². The predicted octanol–water partition coefficient (Wildman–Crippen LogP) is 6.91. The Hall–Kier alpha value is -2.97. The number of benzene rings is 5. The minimum Gasteiger partial charge on any atom is -0.200 e. The molecule has 0 aliphatic carbocycles. The fourth-order valence-corrected chi connectivity index (χ4v) is 4.87. The maximum atomic E-state index is 4.40. The van der Waals surface area contributed by atoms with E-state index in [1.807, 2.05) is 6.20 Å². The van der Waals surface area contributed by atoms with E-state index in [0.717, 1.165) is 0 Å². The van der Waals surface area contributed by atoms with Crippen molar-refractivity contribution >= 4 is 64.7 Å². The second-order valence-electron chi connectivity index (χ2n) is 6.52. The minimum atomic E-state index is 1.23. The Bertz CT molecular complexity index is 1440. The molecule has 0 N–H and O–H groups in total. The van der Waals surface area contributed by atoms with Crippen LogP contribution in [0.2, 0.25) is 0 Å². The second kappa shape index (κ2) is 4.78. The molecule has 0 saturated carbocycles. The van der Waals surface area contributed by atoms with Gasteiger partial charge in [0.25, 0.3) is 0 Å². The number of fused-ring (bicyclic) bond motifs is 9. The molecule has 25 heavy (non-hydrogen) atoms. The van der Waals surface area contributed by atoms with Gasteiger partial charge in [0.05, 0.1) is 4.70 Å². The molecule has 1 aromatic heterocycles. The summed E-state index contributed by atoms with van der Waals surface area (Å²) < 4.78 is 5.68. The number of nitrogens with zero attached hydrogens (tertiary/aromatic N) is 1. The van der Waals surface area contributed by atoms with E-state index in [1.54, 1.807) is 11.5 Å². The summed E-state index contributed by atoms with van der Waals surface area (Å²) in [5.41, 5.74) is 0. The molecule has 2 heteroatoms. The van der Waals surface area contributed by atoms with Gasteiger partial charge in [-0.2, -0.15) is 4.37 Å². The largest absolute Gasteiger partial charge is 0.200 e. The summed E-state index contributed by atoms with van der Waals surface area (Å²) in [4.78, 5) is 0. The fraction of sp³-hybridized carbons (Fsp3) is 0. The molecular weight excluding hydrogens is 322 g/mol. The zero-order valence-corrected chi connectivity index (χ0v) is 14.2. The molecule has 0 aliphatic heterocycles. The van der Waals surface area contributed by atoms with E-state index in [9.17, 15) is 0 Å². The Morgan fingerprint density at radius 3 is 2.12 bits per heavy atom. The second-order valence-corrected chi connectivity index (χ2v) is 7.32. The zero-order chi connectivity index (χ0) is 16.4. The Labute approximate surface area is 148 Å². The molecule has 6 rings (SSSR count). The van der Waals surface area contributed by atoms with Gasteiger partial charge >= 0.3 is 0 Å². The van der Waals surface area contributed by atoms with Crippen molar-refractivity contribution in [3.05, 3.63) is 79.0 Å². The van der Waals surface area contributed by atoms with Crippen LogP contribution in [0.1, 0.15) is 0 Å². The molecule has 0 fully saturated rings. The molecule has 1 heterocycles. The zero-order valence-electron chi connectivity index (χ0n) is 13.4. The molecular formula is C23H13NS. The van der Waals surface area contributed by atoms with Gasteiger partial charge in [-0.3, -0.25) is 0 Å². The quantitative estimate of drug-likeness (QED) is 0.275. The van der Waals surface area contributed by atoms with Gasteiger partial charge in [-0.1, -0.05) is 72.8 Å². The molecule has 116 valence electrons. The molecule has 5 aromatic carbocycles. The monoisotopic (exact) mass is 335 g/mol. The van der Waals surface area contributed by atoms with Gasteiger partial charge in [0.1, 0.15) is 0 Å². The molecule has 0 bridgehead atoms. The van der Waals surface area contributed by atoms with Crippen molar-refractivity contribution in [2.45, 2.75) is 0 Å². The van der Waals surface area contributed by atoms with Gasteiger partial charge < -0.3 is 0 Å². The highest BCUT2D eigenvalue weighted by atomic mass is 32.1. The van der Waals surface area contributed by atoms with Gasteiger partial charge in [-0.05, 0) is 49.2 Å². The minimum absolute atomic E-state index is 1.23. The Morgan fingerprint density at radius 2 is 1.16 bits per heavy atom. The van der Waals surface area contributed by atoms with Crippen LogP contribution in [0.15, 0.2) is 79.0 Å². The van der Waals surface area contributed by atoms with Crippen molar-refractivity contribution in [3.8, 4) is 0 Å². The summed E-state index contributed by atoms with van der Waals surface area (Å²) in [5, 5.41) is 11.7. The van der Waals surface area contributed by atoms with E-state index < -0.39 is 0 Å². The highest BCUT2D eigenvalue weighted by molar-refractivity contribution is 7.14. The molecule has 0 saturated heterocycles. The average molecular weight is 335 g/mol. The van der Waals surface area contributed by atoms with E-state index in [2.05, 4.69) is 77.2 Å². The Kier molecular flexibility index (Phi) is 2.55. The van der Waals surface area contributed by atoms with E-state index in [-0.39, 0.29) is 0 Å². The van der Waals surface area contributed by atoms with Crippen LogP contribution in [0.5, 0.6) is 0 Å². The van der Waals surface area contributed by atoms with Crippen LogP contribution >= 0.6 is 11.5 Å². The highest BCUT2D eigenvalue weighted by Gasteiger charge is 2.10. The Morgan fingerprint density at radius 1 is 0.520 bits per heavy atom. The number of rotatable bonds is 0. The maximum absolute atomic E-state index is 4.40. The molecule has 1 nitrogen and oxygen atoms in total. The van der Waals surface area contributed by atoms with Gasteiger partial charge in [0, 0.05) is 17.0 Å². The SMILES string of the molecule is c1ccc2c(c1)ccc1c2ccc2c1ccc1ccc3cnsc3c12. The number of hydrogen-bond acceptors (Lipinski definition) is 2. The summed E-state index contributed by atoms with van der Waals surface area (Å²) >= 11 is 1.59. The third kappa shape index (κ3) is 1.75. The predicted molar refractivity (Wildman–Crippen MR) is 110 cm³/mol. The van der Waals surface area contributed by atoms with E-state index in [4.69, 9.17) is 0 Å². The lowest BCUT2D eigenvalue weighted by molar-refractivity contribution is 1.61. The standard InChI is InChI=1S/C23H13NS/c1-2-4-17-14(3-1)7-9-19-18(17)11-12-21-20(19)10-8-15-5-6-16-13-24-25-23(16)22(15)21/h1-13H. The van der Waals surface area contributed by atoms with Crippen molar-refractivity contribution < 1.29 is 0 Å². The molecule has 0 atom stereocenters. The van der Waals surface area contributed by atoms with E-state index in [1.165, 1.54) is 53.2 Å².